The molecule has 1 heterocycles. The predicted octanol–water partition coefficient (Wildman–Crippen LogP) is 1.13. The van der Waals surface area contributed by atoms with Crippen LogP contribution >= 0.6 is 0 Å². The molecule has 2 N–H and O–H groups in total. The molecule has 2 unspecified atom stereocenters. The van der Waals surface area contributed by atoms with Crippen LogP contribution in [0.3, 0.4) is 0 Å². The van der Waals surface area contributed by atoms with E-state index in [1.54, 1.807) is 0 Å². The van der Waals surface area contributed by atoms with Crippen LogP contribution in [0, 0.1) is 5.92 Å². The summed E-state index contributed by atoms with van der Waals surface area (Å²) in [5, 5.41) is 18.9. The van der Waals surface area contributed by atoms with Gasteiger partial charge in [0.15, 0.2) is 0 Å². The molecule has 1 aliphatic carbocycles. The van der Waals surface area contributed by atoms with Gasteiger partial charge in [0.05, 0.1) is 0 Å². The van der Waals surface area contributed by atoms with E-state index < -0.39 is 7.12 Å². The van der Waals surface area contributed by atoms with Crippen LogP contribution in [0.4, 0.5) is 0 Å². The Kier molecular flexibility index (Phi) is 3.92. The number of rotatable bonds is 3. The number of piperidine rings is 1. The van der Waals surface area contributed by atoms with Gasteiger partial charge in [0.25, 0.3) is 0 Å². The van der Waals surface area contributed by atoms with E-state index in [0.717, 1.165) is 30.6 Å². The average molecular weight is 259 g/mol. The zero-order chi connectivity index (χ0) is 13.2. The fraction of sp³-hybridized carbons (Fsp3) is 0.600. The van der Waals surface area contributed by atoms with Crippen LogP contribution in [0.1, 0.15) is 37.7 Å². The Hall–Kier alpha value is -0.835. The van der Waals surface area contributed by atoms with Crippen molar-refractivity contribution in [2.45, 2.75) is 44.7 Å². The van der Waals surface area contributed by atoms with Crippen LogP contribution in [-0.2, 0) is 6.54 Å². The van der Waals surface area contributed by atoms with E-state index in [0.29, 0.717) is 5.46 Å². The summed E-state index contributed by atoms with van der Waals surface area (Å²) in [7, 11) is -1.36. The molecule has 1 aromatic carbocycles. The highest BCUT2D eigenvalue weighted by molar-refractivity contribution is 6.59. The van der Waals surface area contributed by atoms with Gasteiger partial charge in [0, 0.05) is 12.6 Å². The number of hydrogen-bond donors (Lipinski definition) is 2. The lowest BCUT2D eigenvalue weighted by Gasteiger charge is -2.38. The van der Waals surface area contributed by atoms with Crippen molar-refractivity contribution in [3.8, 4) is 0 Å². The molecule has 2 atom stereocenters. The van der Waals surface area contributed by atoms with E-state index in [1.807, 2.05) is 24.3 Å². The van der Waals surface area contributed by atoms with Gasteiger partial charge < -0.3 is 10.0 Å². The lowest BCUT2D eigenvalue weighted by Crippen LogP contribution is -2.44. The number of benzene rings is 1. The summed E-state index contributed by atoms with van der Waals surface area (Å²) >= 11 is 0. The summed E-state index contributed by atoms with van der Waals surface area (Å²) in [6.45, 7) is 2.01. The molecule has 1 aromatic rings. The first-order valence-corrected chi connectivity index (χ1v) is 7.43. The second-order valence-electron chi connectivity index (χ2n) is 5.94. The quantitative estimate of drug-likeness (QED) is 0.800. The van der Waals surface area contributed by atoms with Gasteiger partial charge in [-0.25, -0.2) is 0 Å². The van der Waals surface area contributed by atoms with Gasteiger partial charge in [0.1, 0.15) is 0 Å². The van der Waals surface area contributed by atoms with Crippen LogP contribution in [0.5, 0.6) is 0 Å². The molecule has 1 aliphatic heterocycles. The summed E-state index contributed by atoms with van der Waals surface area (Å²) < 4.78 is 0. The molecule has 2 aliphatic rings. The van der Waals surface area contributed by atoms with Gasteiger partial charge >= 0.3 is 7.12 Å². The number of nitrogens with zero attached hydrogens (tertiary/aromatic N) is 1. The van der Waals surface area contributed by atoms with E-state index >= 15 is 0 Å². The van der Waals surface area contributed by atoms with Crippen molar-refractivity contribution in [1.29, 1.82) is 0 Å². The smallest absolute Gasteiger partial charge is 0.423 e. The van der Waals surface area contributed by atoms with Crippen molar-refractivity contribution in [1.82, 2.24) is 4.90 Å². The Labute approximate surface area is 115 Å². The van der Waals surface area contributed by atoms with Crippen LogP contribution in [0.2, 0.25) is 0 Å². The van der Waals surface area contributed by atoms with Crippen molar-refractivity contribution in [2.75, 3.05) is 6.54 Å². The highest BCUT2D eigenvalue weighted by Crippen LogP contribution is 2.37. The maximum absolute atomic E-state index is 9.46. The summed E-state index contributed by atoms with van der Waals surface area (Å²) in [6, 6.07) is 8.41. The van der Waals surface area contributed by atoms with E-state index in [4.69, 9.17) is 0 Å². The van der Waals surface area contributed by atoms with E-state index in [9.17, 15) is 10.0 Å². The lowest BCUT2D eigenvalue weighted by molar-refractivity contribution is 0.106. The van der Waals surface area contributed by atoms with Gasteiger partial charge in [-0.1, -0.05) is 30.7 Å². The van der Waals surface area contributed by atoms with Crippen LogP contribution in [-0.4, -0.2) is 34.7 Å². The fourth-order valence-corrected chi connectivity index (χ4v) is 3.90. The van der Waals surface area contributed by atoms with Crippen LogP contribution in [0.15, 0.2) is 24.3 Å². The van der Waals surface area contributed by atoms with Crippen molar-refractivity contribution in [3.63, 3.8) is 0 Å². The molecule has 3 nitrogen and oxygen atoms in total. The van der Waals surface area contributed by atoms with E-state index in [-0.39, 0.29) is 0 Å². The first-order chi connectivity index (χ1) is 9.25. The highest BCUT2D eigenvalue weighted by Gasteiger charge is 2.35. The highest BCUT2D eigenvalue weighted by atomic mass is 16.4. The average Bonchev–Trinajstić information content (AvgIpc) is 2.88. The number of fused-ring (bicyclic) bond motifs is 1. The van der Waals surface area contributed by atoms with Gasteiger partial charge in [-0.3, -0.25) is 4.90 Å². The monoisotopic (exact) mass is 259 g/mol. The first-order valence-electron chi connectivity index (χ1n) is 7.43. The molecule has 0 amide bonds. The minimum atomic E-state index is -1.36. The zero-order valence-corrected chi connectivity index (χ0v) is 11.3. The van der Waals surface area contributed by atoms with Crippen molar-refractivity contribution >= 4 is 12.6 Å². The van der Waals surface area contributed by atoms with E-state index in [1.165, 1.54) is 32.1 Å². The fourth-order valence-electron chi connectivity index (χ4n) is 3.90. The molecule has 1 saturated carbocycles. The third-order valence-corrected chi connectivity index (χ3v) is 4.81. The standard InChI is InChI=1S/C15H22BNO2/c18-16(19)14-8-2-1-5-13(14)11-17-10-4-7-12-6-3-9-15(12)17/h1-2,5,8,12,15,18-19H,3-4,6-7,9-11H2. The molecule has 0 radical (unpaired) electrons. The van der Waals surface area contributed by atoms with Gasteiger partial charge in [-0.05, 0) is 49.2 Å². The third kappa shape index (κ3) is 2.71. The van der Waals surface area contributed by atoms with Crippen molar-refractivity contribution in [3.05, 3.63) is 29.8 Å². The molecule has 102 valence electrons. The van der Waals surface area contributed by atoms with Gasteiger partial charge in [0.2, 0.25) is 0 Å². The minimum Gasteiger partial charge on any atom is -0.423 e. The lowest BCUT2D eigenvalue weighted by atomic mass is 9.76. The normalized spacial score (nSPS) is 27.3. The minimum absolute atomic E-state index is 0.655. The molecule has 0 aromatic heterocycles. The SMILES string of the molecule is OB(O)c1ccccc1CN1CCCC2CCCC21. The number of likely N-dealkylation sites (tertiary alicyclic amines) is 1. The topological polar surface area (TPSA) is 43.7 Å². The molecular weight excluding hydrogens is 237 g/mol. The third-order valence-electron chi connectivity index (χ3n) is 4.81. The second kappa shape index (κ2) is 5.65. The first kappa shape index (κ1) is 13.2. The zero-order valence-electron chi connectivity index (χ0n) is 11.3. The maximum atomic E-state index is 9.46. The molecule has 3 rings (SSSR count). The molecule has 4 heteroatoms. The van der Waals surface area contributed by atoms with Gasteiger partial charge in [-0.15, -0.1) is 0 Å². The van der Waals surface area contributed by atoms with Crippen molar-refractivity contribution < 1.29 is 10.0 Å². The molecular formula is C15H22BNO2. The molecule has 0 spiro atoms. The molecule has 19 heavy (non-hydrogen) atoms. The number of hydrogen-bond acceptors (Lipinski definition) is 3. The Morgan fingerprint density at radius 2 is 1.89 bits per heavy atom. The molecule has 2 fully saturated rings. The summed E-state index contributed by atoms with van der Waals surface area (Å²) in [5.74, 6) is 0.875. The Morgan fingerprint density at radius 1 is 1.11 bits per heavy atom. The van der Waals surface area contributed by atoms with Crippen LogP contribution in [0.25, 0.3) is 0 Å². The Bertz CT molecular complexity index is 438. The predicted molar refractivity (Wildman–Crippen MR) is 77.0 cm³/mol. The Morgan fingerprint density at radius 3 is 2.74 bits per heavy atom. The second-order valence-corrected chi connectivity index (χ2v) is 5.94. The summed E-state index contributed by atoms with van der Waals surface area (Å²) in [4.78, 5) is 2.56. The summed E-state index contributed by atoms with van der Waals surface area (Å²) in [6.07, 6.45) is 6.71. The van der Waals surface area contributed by atoms with E-state index in [2.05, 4.69) is 4.90 Å². The largest absolute Gasteiger partial charge is 0.488 e. The van der Waals surface area contributed by atoms with Gasteiger partial charge in [-0.2, -0.15) is 0 Å². The van der Waals surface area contributed by atoms with Crippen molar-refractivity contribution in [2.24, 2.45) is 5.92 Å². The summed E-state index contributed by atoms with van der Waals surface area (Å²) in [5.41, 5.74) is 1.72. The molecule has 0 bridgehead atoms. The Balaban J connectivity index is 1.77. The van der Waals surface area contributed by atoms with Crippen LogP contribution < -0.4 is 5.46 Å². The molecule has 1 saturated heterocycles. The maximum Gasteiger partial charge on any atom is 0.488 e.